The molecule has 0 aliphatic rings. The highest BCUT2D eigenvalue weighted by Crippen LogP contribution is 2.17. The largest absolute Gasteiger partial charge is 0.383 e. The Hall–Kier alpha value is -0.910. The number of rotatable bonds is 4. The van der Waals surface area contributed by atoms with Crippen LogP contribution < -0.4 is 11.3 Å². The third-order valence-electron chi connectivity index (χ3n) is 2.13. The quantitative estimate of drug-likeness (QED) is 0.291. The van der Waals surface area contributed by atoms with Crippen molar-refractivity contribution in [2.24, 2.45) is 10.8 Å². The van der Waals surface area contributed by atoms with Crippen molar-refractivity contribution in [1.29, 1.82) is 0 Å². The molecule has 0 unspecified atom stereocenters. The molecule has 0 bridgehead atoms. The van der Waals surface area contributed by atoms with Gasteiger partial charge in [-0.15, -0.1) is 0 Å². The van der Waals surface area contributed by atoms with Crippen LogP contribution in [0.3, 0.4) is 0 Å². The maximum Gasteiger partial charge on any atom is 0.142 e. The Balaban J connectivity index is 2.86. The van der Waals surface area contributed by atoms with Gasteiger partial charge in [0.05, 0.1) is 13.2 Å². The van der Waals surface area contributed by atoms with E-state index < -0.39 is 0 Å². The number of aliphatic imine (C=N–C) groups is 1. The third-order valence-corrected chi connectivity index (χ3v) is 3.02. The van der Waals surface area contributed by atoms with Crippen LogP contribution >= 0.6 is 15.9 Å². The van der Waals surface area contributed by atoms with Gasteiger partial charge in [-0.05, 0) is 24.6 Å². The van der Waals surface area contributed by atoms with Crippen molar-refractivity contribution in [3.8, 4) is 0 Å². The smallest absolute Gasteiger partial charge is 0.142 e. The molecule has 0 saturated heterocycles. The van der Waals surface area contributed by atoms with Gasteiger partial charge in [-0.2, -0.15) is 0 Å². The fraction of sp³-hybridized carbons (Fsp3) is 0.364. The van der Waals surface area contributed by atoms with Crippen molar-refractivity contribution in [3.63, 3.8) is 0 Å². The van der Waals surface area contributed by atoms with Gasteiger partial charge < -0.3 is 10.2 Å². The van der Waals surface area contributed by atoms with E-state index in [9.17, 15) is 0 Å². The topological polar surface area (TPSA) is 59.6 Å². The average Bonchev–Trinajstić information content (AvgIpc) is 2.29. The number of nitrogens with two attached hydrogens (primary N) is 1. The first-order valence-electron chi connectivity index (χ1n) is 4.95. The first-order chi connectivity index (χ1) is 7.69. The Morgan fingerprint density at radius 1 is 1.56 bits per heavy atom. The lowest BCUT2D eigenvalue weighted by Crippen LogP contribution is -2.31. The van der Waals surface area contributed by atoms with Gasteiger partial charge in [-0.3, -0.25) is 4.99 Å². The summed E-state index contributed by atoms with van der Waals surface area (Å²) in [5.41, 5.74) is 4.72. The van der Waals surface area contributed by atoms with E-state index in [4.69, 9.17) is 10.6 Å². The van der Waals surface area contributed by atoms with E-state index >= 15 is 0 Å². The van der Waals surface area contributed by atoms with Crippen LogP contribution in [-0.4, -0.2) is 26.1 Å². The SMILES string of the molecule is COCCN=C(NN)c1ccc(Br)c(C)c1. The zero-order valence-electron chi connectivity index (χ0n) is 9.46. The molecule has 16 heavy (non-hydrogen) atoms. The number of methoxy groups -OCH3 is 1. The molecule has 0 saturated carbocycles. The Bertz CT molecular complexity index is 379. The highest BCUT2D eigenvalue weighted by molar-refractivity contribution is 9.10. The van der Waals surface area contributed by atoms with Gasteiger partial charge in [0.2, 0.25) is 0 Å². The van der Waals surface area contributed by atoms with Gasteiger partial charge in [0.1, 0.15) is 5.84 Å². The Labute approximate surface area is 104 Å². The normalized spacial score (nSPS) is 11.6. The van der Waals surface area contributed by atoms with Crippen LogP contribution in [0.25, 0.3) is 0 Å². The molecule has 3 N–H and O–H groups in total. The number of benzene rings is 1. The minimum Gasteiger partial charge on any atom is -0.383 e. The van der Waals surface area contributed by atoms with Gasteiger partial charge in [-0.25, -0.2) is 5.84 Å². The maximum absolute atomic E-state index is 5.44. The highest BCUT2D eigenvalue weighted by Gasteiger charge is 2.03. The minimum absolute atomic E-state index is 0.584. The minimum atomic E-state index is 0.584. The van der Waals surface area contributed by atoms with Crippen LogP contribution in [0, 0.1) is 6.92 Å². The molecule has 0 fully saturated rings. The maximum atomic E-state index is 5.44. The van der Waals surface area contributed by atoms with Crippen molar-refractivity contribution < 1.29 is 4.74 Å². The second kappa shape index (κ2) is 6.62. The number of nitrogens with one attached hydrogen (secondary N) is 1. The molecule has 0 amide bonds. The van der Waals surface area contributed by atoms with Crippen LogP contribution in [0.4, 0.5) is 0 Å². The van der Waals surface area contributed by atoms with Gasteiger partial charge in [0.15, 0.2) is 0 Å². The van der Waals surface area contributed by atoms with E-state index in [1.54, 1.807) is 7.11 Å². The van der Waals surface area contributed by atoms with Crippen molar-refractivity contribution in [2.75, 3.05) is 20.3 Å². The number of halogens is 1. The van der Waals surface area contributed by atoms with E-state index in [0.29, 0.717) is 19.0 Å². The van der Waals surface area contributed by atoms with Crippen molar-refractivity contribution in [1.82, 2.24) is 5.43 Å². The molecular weight excluding hydrogens is 270 g/mol. The Kier molecular flexibility index (Phi) is 5.45. The number of amidine groups is 1. The number of aryl methyl sites for hydroxylation is 1. The van der Waals surface area contributed by atoms with Crippen molar-refractivity contribution >= 4 is 21.8 Å². The fourth-order valence-electron chi connectivity index (χ4n) is 1.26. The lowest BCUT2D eigenvalue weighted by atomic mass is 10.1. The van der Waals surface area contributed by atoms with Crippen LogP contribution in [0.15, 0.2) is 27.7 Å². The molecule has 1 aromatic rings. The summed E-state index contributed by atoms with van der Waals surface area (Å²) in [4.78, 5) is 4.31. The monoisotopic (exact) mass is 285 g/mol. The summed E-state index contributed by atoms with van der Waals surface area (Å²) in [5, 5.41) is 0. The van der Waals surface area contributed by atoms with E-state index in [1.165, 1.54) is 0 Å². The standard InChI is InChI=1S/C11H16BrN3O/c1-8-7-9(3-4-10(8)12)11(15-13)14-5-6-16-2/h3-4,7H,5-6,13H2,1-2H3,(H,14,15). The molecule has 0 aliphatic heterocycles. The first kappa shape index (κ1) is 13.2. The van der Waals surface area contributed by atoms with Crippen molar-refractivity contribution in [2.45, 2.75) is 6.92 Å². The molecule has 1 rings (SSSR count). The molecule has 0 heterocycles. The zero-order valence-corrected chi connectivity index (χ0v) is 11.0. The molecule has 0 atom stereocenters. The van der Waals surface area contributed by atoms with Gasteiger partial charge >= 0.3 is 0 Å². The Morgan fingerprint density at radius 2 is 2.31 bits per heavy atom. The second-order valence-corrected chi connectivity index (χ2v) is 4.19. The molecule has 0 radical (unpaired) electrons. The van der Waals surface area contributed by atoms with E-state index in [0.717, 1.165) is 15.6 Å². The predicted octanol–water partition coefficient (Wildman–Crippen LogP) is 1.61. The second-order valence-electron chi connectivity index (χ2n) is 3.33. The highest BCUT2D eigenvalue weighted by atomic mass is 79.9. The van der Waals surface area contributed by atoms with Crippen LogP contribution in [0.5, 0.6) is 0 Å². The van der Waals surface area contributed by atoms with Gasteiger partial charge in [-0.1, -0.05) is 22.0 Å². The molecule has 1 aromatic carbocycles. The summed E-state index contributed by atoms with van der Waals surface area (Å²) in [6, 6.07) is 5.96. The number of nitrogens with zero attached hydrogens (tertiary/aromatic N) is 1. The molecule has 4 nitrogen and oxygen atoms in total. The van der Waals surface area contributed by atoms with Gasteiger partial charge in [0.25, 0.3) is 0 Å². The summed E-state index contributed by atoms with van der Waals surface area (Å²) in [6.45, 7) is 3.20. The van der Waals surface area contributed by atoms with Gasteiger partial charge in [0, 0.05) is 17.1 Å². The zero-order chi connectivity index (χ0) is 12.0. The lowest BCUT2D eigenvalue weighted by Gasteiger charge is -2.07. The lowest BCUT2D eigenvalue weighted by molar-refractivity contribution is 0.208. The van der Waals surface area contributed by atoms with Crippen molar-refractivity contribution in [3.05, 3.63) is 33.8 Å². The molecule has 0 aliphatic carbocycles. The molecular formula is C11H16BrN3O. The summed E-state index contributed by atoms with van der Waals surface area (Å²) in [7, 11) is 1.65. The number of hydrogen-bond donors (Lipinski definition) is 2. The summed E-state index contributed by atoms with van der Waals surface area (Å²) in [6.07, 6.45) is 0. The van der Waals surface area contributed by atoms with Crippen LogP contribution in [-0.2, 0) is 4.74 Å². The molecule has 5 heteroatoms. The number of hydrazine groups is 1. The number of hydrogen-bond acceptors (Lipinski definition) is 3. The summed E-state index contributed by atoms with van der Waals surface area (Å²) < 4.78 is 6.01. The predicted molar refractivity (Wildman–Crippen MR) is 69.5 cm³/mol. The summed E-state index contributed by atoms with van der Waals surface area (Å²) in [5.74, 6) is 6.12. The van der Waals surface area contributed by atoms with Crippen LogP contribution in [0.1, 0.15) is 11.1 Å². The Morgan fingerprint density at radius 3 is 2.88 bits per heavy atom. The first-order valence-corrected chi connectivity index (χ1v) is 5.75. The molecule has 0 spiro atoms. The van der Waals surface area contributed by atoms with E-state index in [-0.39, 0.29) is 0 Å². The third kappa shape index (κ3) is 3.59. The average molecular weight is 286 g/mol. The van der Waals surface area contributed by atoms with Crippen LogP contribution in [0.2, 0.25) is 0 Å². The molecule has 88 valence electrons. The van der Waals surface area contributed by atoms with E-state index in [1.807, 2.05) is 25.1 Å². The number of ether oxygens (including phenoxy) is 1. The summed E-state index contributed by atoms with van der Waals surface area (Å²) >= 11 is 3.45. The molecule has 0 aromatic heterocycles. The fourth-order valence-corrected chi connectivity index (χ4v) is 1.51. The van der Waals surface area contributed by atoms with E-state index in [2.05, 4.69) is 26.3 Å².